The average Bonchev–Trinajstić information content (AvgIpc) is 2.61. The molecule has 1 fully saturated rings. The van der Waals surface area contributed by atoms with Crippen LogP contribution >= 0.6 is 15.9 Å². The number of morpholine rings is 1. The Bertz CT molecular complexity index is 693. The lowest BCUT2D eigenvalue weighted by atomic mass is 10.1. The Morgan fingerprint density at radius 3 is 2.43 bits per heavy atom. The first-order chi connectivity index (χ1) is 11.2. The van der Waals surface area contributed by atoms with E-state index in [1.54, 1.807) is 30.6 Å². The van der Waals surface area contributed by atoms with Crippen molar-refractivity contribution in [3.05, 3.63) is 58.3 Å². The van der Waals surface area contributed by atoms with Crippen LogP contribution in [0.5, 0.6) is 0 Å². The van der Waals surface area contributed by atoms with Crippen LogP contribution < -0.4 is 4.90 Å². The summed E-state index contributed by atoms with van der Waals surface area (Å²) < 4.78 is 6.26. The Kier molecular flexibility index (Phi) is 5.15. The van der Waals surface area contributed by atoms with E-state index in [-0.39, 0.29) is 5.78 Å². The highest BCUT2D eigenvalue weighted by molar-refractivity contribution is 9.10. The van der Waals surface area contributed by atoms with E-state index in [9.17, 15) is 4.79 Å². The van der Waals surface area contributed by atoms with Gasteiger partial charge >= 0.3 is 0 Å². The maximum absolute atomic E-state index is 12.1. The van der Waals surface area contributed by atoms with E-state index in [0.717, 1.165) is 23.1 Å². The van der Waals surface area contributed by atoms with Crippen LogP contribution in [-0.4, -0.2) is 42.1 Å². The van der Waals surface area contributed by atoms with Gasteiger partial charge in [0.1, 0.15) is 0 Å². The lowest BCUT2D eigenvalue weighted by Gasteiger charge is -2.26. The largest absolute Gasteiger partial charge is 0.378 e. The number of ether oxygens (including phenoxy) is 1. The quantitative estimate of drug-likeness (QED) is 0.609. The van der Waals surface area contributed by atoms with E-state index in [0.29, 0.717) is 24.7 Å². The first-order valence-corrected chi connectivity index (χ1v) is 8.14. The highest BCUT2D eigenvalue weighted by Gasteiger charge is 2.13. The first kappa shape index (κ1) is 15.8. The topological polar surface area (TPSA) is 55.3 Å². The summed E-state index contributed by atoms with van der Waals surface area (Å²) in [6, 6.07) is 7.27. The molecule has 0 unspecified atom stereocenters. The number of ketones is 1. The van der Waals surface area contributed by atoms with Gasteiger partial charge < -0.3 is 9.64 Å². The SMILES string of the molecule is O=C(/C=C/c1cnc(N2CCOCC2)nc1)c1ccc(Br)cc1. The summed E-state index contributed by atoms with van der Waals surface area (Å²) in [6.07, 6.45) is 6.72. The van der Waals surface area contributed by atoms with Gasteiger partial charge in [-0.2, -0.15) is 0 Å². The Morgan fingerprint density at radius 2 is 1.78 bits per heavy atom. The monoisotopic (exact) mass is 373 g/mol. The van der Waals surface area contributed by atoms with E-state index in [1.807, 2.05) is 12.1 Å². The van der Waals surface area contributed by atoms with Crippen molar-refractivity contribution in [2.45, 2.75) is 0 Å². The molecule has 2 aromatic rings. The number of halogens is 1. The van der Waals surface area contributed by atoms with Gasteiger partial charge in [-0.1, -0.05) is 15.9 Å². The maximum atomic E-state index is 12.1. The molecule has 3 rings (SSSR count). The Hall–Kier alpha value is -2.05. The molecule has 0 N–H and O–H groups in total. The van der Waals surface area contributed by atoms with E-state index in [4.69, 9.17) is 4.74 Å². The third-order valence-corrected chi connectivity index (χ3v) is 4.04. The number of allylic oxidation sites excluding steroid dienone is 1. The highest BCUT2D eigenvalue weighted by atomic mass is 79.9. The number of hydrogen-bond acceptors (Lipinski definition) is 5. The number of hydrogen-bond donors (Lipinski definition) is 0. The summed E-state index contributed by atoms with van der Waals surface area (Å²) in [7, 11) is 0. The third-order valence-electron chi connectivity index (χ3n) is 3.51. The van der Waals surface area contributed by atoms with Crippen LogP contribution in [0.2, 0.25) is 0 Å². The van der Waals surface area contributed by atoms with Gasteiger partial charge in [-0.3, -0.25) is 4.79 Å². The fourth-order valence-corrected chi connectivity index (χ4v) is 2.49. The van der Waals surface area contributed by atoms with E-state index < -0.39 is 0 Å². The second-order valence-electron chi connectivity index (χ2n) is 5.12. The summed E-state index contributed by atoms with van der Waals surface area (Å²) in [5, 5.41) is 0. The highest BCUT2D eigenvalue weighted by Crippen LogP contribution is 2.13. The number of rotatable bonds is 4. The molecule has 1 aromatic heterocycles. The number of aromatic nitrogens is 2. The molecule has 5 nitrogen and oxygen atoms in total. The summed E-state index contributed by atoms with van der Waals surface area (Å²) >= 11 is 3.35. The summed E-state index contributed by atoms with van der Waals surface area (Å²) in [6.45, 7) is 3.01. The lowest BCUT2D eigenvalue weighted by Crippen LogP contribution is -2.37. The smallest absolute Gasteiger partial charge is 0.225 e. The zero-order valence-electron chi connectivity index (χ0n) is 12.5. The number of carbonyl (C=O) groups excluding carboxylic acids is 1. The van der Waals surface area contributed by atoms with Crippen molar-refractivity contribution in [1.82, 2.24) is 9.97 Å². The molecule has 1 aromatic carbocycles. The van der Waals surface area contributed by atoms with Gasteiger partial charge in [-0.25, -0.2) is 9.97 Å². The summed E-state index contributed by atoms with van der Waals surface area (Å²) in [4.78, 5) is 22.9. The second-order valence-corrected chi connectivity index (χ2v) is 6.04. The van der Waals surface area contributed by atoms with Crippen LogP contribution in [-0.2, 0) is 4.74 Å². The molecular weight excluding hydrogens is 358 g/mol. The lowest BCUT2D eigenvalue weighted by molar-refractivity contribution is 0.104. The van der Waals surface area contributed by atoms with Crippen molar-refractivity contribution in [1.29, 1.82) is 0 Å². The predicted molar refractivity (Wildman–Crippen MR) is 92.6 cm³/mol. The zero-order valence-corrected chi connectivity index (χ0v) is 14.1. The standard InChI is InChI=1S/C17H16BrN3O2/c18-15-4-2-14(3-5-15)16(22)6-1-13-11-19-17(20-12-13)21-7-9-23-10-8-21/h1-6,11-12H,7-10H2/b6-1+. The molecule has 1 aliphatic rings. The molecule has 6 heteroatoms. The molecule has 118 valence electrons. The van der Waals surface area contributed by atoms with Gasteiger partial charge in [0, 0.05) is 41.1 Å². The normalized spacial score (nSPS) is 15.1. The number of carbonyl (C=O) groups is 1. The van der Waals surface area contributed by atoms with Crippen LogP contribution in [0, 0.1) is 0 Å². The Labute approximate surface area is 143 Å². The van der Waals surface area contributed by atoms with Gasteiger partial charge in [0.15, 0.2) is 5.78 Å². The van der Waals surface area contributed by atoms with Crippen LogP contribution in [0.1, 0.15) is 15.9 Å². The number of nitrogens with zero attached hydrogens (tertiary/aromatic N) is 3. The maximum Gasteiger partial charge on any atom is 0.225 e. The summed E-state index contributed by atoms with van der Waals surface area (Å²) in [5.41, 5.74) is 1.45. The van der Waals surface area contributed by atoms with E-state index >= 15 is 0 Å². The van der Waals surface area contributed by atoms with Crippen molar-refractivity contribution in [3.8, 4) is 0 Å². The van der Waals surface area contributed by atoms with Crippen molar-refractivity contribution >= 4 is 33.7 Å². The molecule has 1 saturated heterocycles. The van der Waals surface area contributed by atoms with Gasteiger partial charge in [0.05, 0.1) is 13.2 Å². The van der Waals surface area contributed by atoms with Crippen LogP contribution in [0.4, 0.5) is 5.95 Å². The van der Waals surface area contributed by atoms with Gasteiger partial charge in [-0.15, -0.1) is 0 Å². The minimum Gasteiger partial charge on any atom is -0.378 e. The molecular formula is C17H16BrN3O2. The molecule has 23 heavy (non-hydrogen) atoms. The minimum absolute atomic E-state index is 0.0465. The Morgan fingerprint density at radius 1 is 1.13 bits per heavy atom. The van der Waals surface area contributed by atoms with Crippen LogP contribution in [0.3, 0.4) is 0 Å². The van der Waals surface area contributed by atoms with Gasteiger partial charge in [0.2, 0.25) is 5.95 Å². The average molecular weight is 374 g/mol. The van der Waals surface area contributed by atoms with Crippen molar-refractivity contribution < 1.29 is 9.53 Å². The molecule has 0 atom stereocenters. The first-order valence-electron chi connectivity index (χ1n) is 7.35. The van der Waals surface area contributed by atoms with E-state index in [1.165, 1.54) is 6.08 Å². The number of benzene rings is 1. The van der Waals surface area contributed by atoms with E-state index in [2.05, 4.69) is 30.8 Å². The fourth-order valence-electron chi connectivity index (χ4n) is 2.23. The fraction of sp³-hybridized carbons (Fsp3) is 0.235. The molecule has 1 aliphatic heterocycles. The molecule has 0 radical (unpaired) electrons. The van der Waals surface area contributed by atoms with Crippen LogP contribution in [0.25, 0.3) is 6.08 Å². The molecule has 0 amide bonds. The van der Waals surface area contributed by atoms with Gasteiger partial charge in [0.25, 0.3) is 0 Å². The predicted octanol–water partition coefficient (Wildman–Crippen LogP) is 2.97. The molecule has 0 bridgehead atoms. The van der Waals surface area contributed by atoms with Crippen LogP contribution in [0.15, 0.2) is 47.2 Å². The third kappa shape index (κ3) is 4.24. The van der Waals surface area contributed by atoms with Crippen molar-refractivity contribution in [3.63, 3.8) is 0 Å². The van der Waals surface area contributed by atoms with Crippen molar-refractivity contribution in [2.24, 2.45) is 0 Å². The molecule has 2 heterocycles. The molecule has 0 saturated carbocycles. The second kappa shape index (κ2) is 7.48. The minimum atomic E-state index is -0.0465. The zero-order chi connectivity index (χ0) is 16.1. The molecule has 0 spiro atoms. The summed E-state index contributed by atoms with van der Waals surface area (Å²) in [5.74, 6) is 0.652. The Balaban J connectivity index is 1.65. The molecule has 0 aliphatic carbocycles. The van der Waals surface area contributed by atoms with Gasteiger partial charge in [-0.05, 0) is 36.4 Å². The van der Waals surface area contributed by atoms with Crippen molar-refractivity contribution in [2.75, 3.05) is 31.2 Å². The number of anilines is 1.